The van der Waals surface area contributed by atoms with Gasteiger partial charge in [0.2, 0.25) is 0 Å². The number of rotatable bonds is 7. The number of nitrogens with zero attached hydrogens (tertiary/aromatic N) is 2. The van der Waals surface area contributed by atoms with Gasteiger partial charge in [0.05, 0.1) is 12.2 Å². The molecule has 0 saturated carbocycles. The molecule has 0 aliphatic heterocycles. The lowest BCUT2D eigenvalue weighted by Crippen LogP contribution is -2.42. The number of carbonyl (C=O) groups excluding carboxylic acids is 1. The van der Waals surface area contributed by atoms with Crippen molar-refractivity contribution in [1.29, 1.82) is 0 Å². The van der Waals surface area contributed by atoms with Gasteiger partial charge >= 0.3 is 0 Å². The van der Waals surface area contributed by atoms with Crippen molar-refractivity contribution in [2.45, 2.75) is 32.7 Å². The second kappa shape index (κ2) is 7.88. The van der Waals surface area contributed by atoms with Crippen LogP contribution in [0.1, 0.15) is 37.0 Å². The van der Waals surface area contributed by atoms with E-state index in [2.05, 4.69) is 13.8 Å². The Morgan fingerprint density at radius 3 is 2.38 bits per heavy atom. The van der Waals surface area contributed by atoms with Gasteiger partial charge in [0, 0.05) is 38.1 Å². The van der Waals surface area contributed by atoms with Gasteiger partial charge in [-0.05, 0) is 31.0 Å². The molecule has 1 rings (SSSR count). The molecule has 0 aliphatic carbocycles. The minimum absolute atomic E-state index is 0.0398. The van der Waals surface area contributed by atoms with E-state index < -0.39 is 0 Å². The molecule has 1 aromatic rings. The summed E-state index contributed by atoms with van der Waals surface area (Å²) in [4.78, 5) is 16.6. The van der Waals surface area contributed by atoms with Crippen molar-refractivity contribution < 1.29 is 9.90 Å². The van der Waals surface area contributed by atoms with Gasteiger partial charge in [0.25, 0.3) is 5.91 Å². The van der Waals surface area contributed by atoms with Crippen LogP contribution in [0.15, 0.2) is 18.2 Å². The van der Waals surface area contributed by atoms with E-state index in [1.54, 1.807) is 17.0 Å². The molecule has 0 aliphatic rings. The quantitative estimate of drug-likeness (QED) is 0.754. The molecule has 0 fully saturated rings. The first-order valence-electron chi connectivity index (χ1n) is 7.44. The van der Waals surface area contributed by atoms with Crippen molar-refractivity contribution in [2.24, 2.45) is 0 Å². The summed E-state index contributed by atoms with van der Waals surface area (Å²) in [6, 6.07) is 5.48. The fraction of sp³-hybridized carbons (Fsp3) is 0.562. The number of nitrogens with two attached hydrogens (primary N) is 1. The van der Waals surface area contributed by atoms with Gasteiger partial charge in [-0.15, -0.1) is 0 Å². The lowest BCUT2D eigenvalue weighted by atomic mass is 10.1. The molecule has 21 heavy (non-hydrogen) atoms. The topological polar surface area (TPSA) is 69.8 Å². The summed E-state index contributed by atoms with van der Waals surface area (Å²) in [6.07, 6.45) is 1.73. The Morgan fingerprint density at radius 2 is 1.90 bits per heavy atom. The number of aliphatic hydroxyl groups is 1. The molecule has 0 spiro atoms. The molecule has 0 atom stereocenters. The molecule has 3 N–H and O–H groups in total. The van der Waals surface area contributed by atoms with Crippen LogP contribution in [-0.4, -0.2) is 49.2 Å². The third-order valence-electron chi connectivity index (χ3n) is 3.72. The maximum Gasteiger partial charge on any atom is 0.256 e. The minimum atomic E-state index is -0.0752. The number of aliphatic hydroxyl groups excluding tert-OH is 1. The largest absolute Gasteiger partial charge is 0.399 e. The molecule has 0 bridgehead atoms. The maximum absolute atomic E-state index is 12.9. The van der Waals surface area contributed by atoms with Gasteiger partial charge < -0.3 is 20.6 Å². The number of carbonyl (C=O) groups is 1. The number of hydrogen-bond acceptors (Lipinski definition) is 4. The average Bonchev–Trinajstić information content (AvgIpc) is 2.46. The Hall–Kier alpha value is -1.75. The highest BCUT2D eigenvalue weighted by molar-refractivity contribution is 6.00. The van der Waals surface area contributed by atoms with Crippen molar-refractivity contribution in [3.63, 3.8) is 0 Å². The Labute approximate surface area is 127 Å². The first-order valence-corrected chi connectivity index (χ1v) is 7.44. The highest BCUT2D eigenvalue weighted by Crippen LogP contribution is 2.24. The smallest absolute Gasteiger partial charge is 0.256 e. The fourth-order valence-corrected chi connectivity index (χ4v) is 2.56. The first-order chi connectivity index (χ1) is 9.96. The summed E-state index contributed by atoms with van der Waals surface area (Å²) in [5.41, 5.74) is 7.83. The lowest BCUT2D eigenvalue weighted by molar-refractivity contribution is 0.0623. The Bertz CT molecular complexity index is 471. The standard InChI is InChI=1S/C16H27N3O2/c1-5-13(6-2)19(9-10-20)16(21)14-11-12(17)7-8-15(14)18(3)4/h7-8,11,13,20H,5-6,9-10,17H2,1-4H3. The Morgan fingerprint density at radius 1 is 1.29 bits per heavy atom. The molecule has 0 saturated heterocycles. The summed E-state index contributed by atoms with van der Waals surface area (Å²) >= 11 is 0. The van der Waals surface area contributed by atoms with Crippen molar-refractivity contribution in [2.75, 3.05) is 37.9 Å². The van der Waals surface area contributed by atoms with Crippen LogP contribution in [0, 0.1) is 0 Å². The van der Waals surface area contributed by atoms with Crippen molar-refractivity contribution in [3.05, 3.63) is 23.8 Å². The monoisotopic (exact) mass is 293 g/mol. The summed E-state index contributed by atoms with van der Waals surface area (Å²) in [7, 11) is 3.80. The van der Waals surface area contributed by atoms with Crippen molar-refractivity contribution in [1.82, 2.24) is 4.90 Å². The van der Waals surface area contributed by atoms with E-state index in [-0.39, 0.29) is 18.6 Å². The zero-order valence-corrected chi connectivity index (χ0v) is 13.5. The van der Waals surface area contributed by atoms with E-state index >= 15 is 0 Å². The molecule has 1 amide bonds. The van der Waals surface area contributed by atoms with E-state index in [1.807, 2.05) is 25.1 Å². The maximum atomic E-state index is 12.9. The molecule has 0 heterocycles. The lowest BCUT2D eigenvalue weighted by Gasteiger charge is -2.31. The molecule has 0 radical (unpaired) electrons. The predicted molar refractivity (Wildman–Crippen MR) is 87.7 cm³/mol. The molecule has 5 heteroatoms. The summed E-state index contributed by atoms with van der Waals surface area (Å²) in [6.45, 7) is 4.41. The van der Waals surface area contributed by atoms with Gasteiger partial charge in [-0.3, -0.25) is 4.79 Å². The van der Waals surface area contributed by atoms with Crippen LogP contribution in [0.25, 0.3) is 0 Å². The second-order valence-electron chi connectivity index (χ2n) is 5.36. The minimum Gasteiger partial charge on any atom is -0.399 e. The van der Waals surface area contributed by atoms with E-state index in [9.17, 15) is 9.90 Å². The van der Waals surface area contributed by atoms with Gasteiger partial charge in [-0.25, -0.2) is 0 Å². The van der Waals surface area contributed by atoms with Crippen LogP contribution in [-0.2, 0) is 0 Å². The molecule has 118 valence electrons. The number of hydrogen-bond donors (Lipinski definition) is 2. The third-order valence-corrected chi connectivity index (χ3v) is 3.72. The first kappa shape index (κ1) is 17.3. The van der Waals surface area contributed by atoms with E-state index in [4.69, 9.17) is 5.73 Å². The fourth-order valence-electron chi connectivity index (χ4n) is 2.56. The molecular formula is C16H27N3O2. The average molecular weight is 293 g/mol. The highest BCUT2D eigenvalue weighted by Gasteiger charge is 2.24. The van der Waals surface area contributed by atoms with E-state index in [1.165, 1.54) is 0 Å². The molecular weight excluding hydrogens is 266 g/mol. The summed E-state index contributed by atoms with van der Waals surface area (Å²) in [5, 5.41) is 9.28. The zero-order chi connectivity index (χ0) is 16.0. The Balaban J connectivity index is 3.22. The normalized spacial score (nSPS) is 10.8. The number of benzene rings is 1. The van der Waals surface area contributed by atoms with Gasteiger partial charge in [-0.2, -0.15) is 0 Å². The summed E-state index contributed by atoms with van der Waals surface area (Å²) < 4.78 is 0. The van der Waals surface area contributed by atoms with Crippen LogP contribution in [0.3, 0.4) is 0 Å². The van der Waals surface area contributed by atoms with Gasteiger partial charge in [0.15, 0.2) is 0 Å². The van der Waals surface area contributed by atoms with E-state index in [0.717, 1.165) is 18.5 Å². The number of anilines is 2. The van der Waals surface area contributed by atoms with Crippen LogP contribution in [0.2, 0.25) is 0 Å². The molecule has 1 aromatic carbocycles. The Kier molecular flexibility index (Phi) is 6.49. The predicted octanol–water partition coefficient (Wildman–Crippen LogP) is 1.96. The van der Waals surface area contributed by atoms with Crippen LogP contribution >= 0.6 is 0 Å². The number of nitrogen functional groups attached to an aromatic ring is 1. The second-order valence-corrected chi connectivity index (χ2v) is 5.36. The molecule has 0 unspecified atom stereocenters. The van der Waals surface area contributed by atoms with Gasteiger partial charge in [-0.1, -0.05) is 13.8 Å². The zero-order valence-electron chi connectivity index (χ0n) is 13.5. The number of amides is 1. The van der Waals surface area contributed by atoms with Gasteiger partial charge in [0.1, 0.15) is 0 Å². The SMILES string of the molecule is CCC(CC)N(CCO)C(=O)c1cc(N)ccc1N(C)C. The van der Waals surface area contributed by atoms with Crippen LogP contribution in [0.5, 0.6) is 0 Å². The van der Waals surface area contributed by atoms with Crippen LogP contribution < -0.4 is 10.6 Å². The molecule has 5 nitrogen and oxygen atoms in total. The highest BCUT2D eigenvalue weighted by atomic mass is 16.3. The molecule has 0 aromatic heterocycles. The third kappa shape index (κ3) is 4.11. The van der Waals surface area contributed by atoms with E-state index in [0.29, 0.717) is 17.8 Å². The summed E-state index contributed by atoms with van der Waals surface area (Å²) in [5.74, 6) is -0.0752. The van der Waals surface area contributed by atoms with Crippen molar-refractivity contribution in [3.8, 4) is 0 Å². The van der Waals surface area contributed by atoms with Crippen LogP contribution in [0.4, 0.5) is 11.4 Å². The van der Waals surface area contributed by atoms with Crippen molar-refractivity contribution >= 4 is 17.3 Å².